The van der Waals surface area contributed by atoms with E-state index in [2.05, 4.69) is 319 Å². The smallest absolute Gasteiger partial charge is 0.0468 e. The van der Waals surface area contributed by atoms with Crippen LogP contribution in [0.4, 0.5) is 34.1 Å². The van der Waals surface area contributed by atoms with Crippen LogP contribution in [-0.2, 0) is 12.8 Å². The van der Waals surface area contributed by atoms with Gasteiger partial charge in [-0.15, -0.1) is 0 Å². The Morgan fingerprint density at radius 3 is 1.58 bits per heavy atom. The van der Waals surface area contributed by atoms with E-state index in [1.54, 1.807) is 0 Å². The van der Waals surface area contributed by atoms with Crippen LogP contribution < -0.4 is 9.80 Å². The number of rotatable bonds is 10. The number of benzene rings is 14. The van der Waals surface area contributed by atoms with Crippen LogP contribution in [0.25, 0.3) is 105 Å². The van der Waals surface area contributed by atoms with Crippen molar-refractivity contribution in [2.75, 3.05) is 9.80 Å². The van der Waals surface area contributed by atoms with E-state index in [9.17, 15) is 0 Å². The molecule has 0 saturated heterocycles. The molecule has 0 bridgehead atoms. The van der Waals surface area contributed by atoms with E-state index in [0.717, 1.165) is 71.8 Å². The highest BCUT2D eigenvalue weighted by molar-refractivity contribution is 6.33. The third-order valence-electron chi connectivity index (χ3n) is 19.0. The molecule has 2 nitrogen and oxygen atoms in total. The summed E-state index contributed by atoms with van der Waals surface area (Å²) in [6.45, 7) is 0. The van der Waals surface area contributed by atoms with Gasteiger partial charge in [0.25, 0.3) is 0 Å². The highest BCUT2D eigenvalue weighted by Crippen LogP contribution is 2.51. The van der Waals surface area contributed by atoms with Gasteiger partial charge in [0.2, 0.25) is 0 Å². The molecule has 0 aliphatic heterocycles. The summed E-state index contributed by atoms with van der Waals surface area (Å²) >= 11 is 0. The number of anilines is 6. The minimum absolute atomic E-state index is 0.251. The van der Waals surface area contributed by atoms with Crippen molar-refractivity contribution >= 4 is 106 Å². The molecular weight excluding hydrogens is 1060 g/mol. The van der Waals surface area contributed by atoms with Gasteiger partial charge in [-0.25, -0.2) is 0 Å². The van der Waals surface area contributed by atoms with Gasteiger partial charge < -0.3 is 9.80 Å². The van der Waals surface area contributed by atoms with E-state index < -0.39 is 0 Å². The second kappa shape index (κ2) is 21.6. The minimum Gasteiger partial charge on any atom is -0.310 e. The number of hydrogen-bond acceptors (Lipinski definition) is 2. The van der Waals surface area contributed by atoms with E-state index in [1.807, 2.05) is 0 Å². The number of allylic oxidation sites excluding steroid dienone is 3. The Labute approximate surface area is 514 Å². The van der Waals surface area contributed by atoms with Gasteiger partial charge in [-0.3, -0.25) is 0 Å². The minimum atomic E-state index is 0.251. The predicted octanol–water partition coefficient (Wildman–Crippen LogP) is 23.9. The Kier molecular flexibility index (Phi) is 12.7. The van der Waals surface area contributed by atoms with Gasteiger partial charge in [0.05, 0.1) is 0 Å². The molecule has 14 aromatic carbocycles. The lowest BCUT2D eigenvalue weighted by molar-refractivity contribution is 0.821. The van der Waals surface area contributed by atoms with Gasteiger partial charge in [-0.1, -0.05) is 225 Å². The van der Waals surface area contributed by atoms with E-state index in [1.165, 1.54) is 121 Å². The van der Waals surface area contributed by atoms with Crippen molar-refractivity contribution in [3.63, 3.8) is 0 Å². The molecule has 88 heavy (non-hydrogen) atoms. The topological polar surface area (TPSA) is 6.48 Å². The van der Waals surface area contributed by atoms with E-state index >= 15 is 0 Å². The Hall–Kier alpha value is -10.8. The van der Waals surface area contributed by atoms with Crippen molar-refractivity contribution in [3.8, 4) is 33.4 Å². The highest BCUT2D eigenvalue weighted by atomic mass is 15.1. The van der Waals surface area contributed by atoms with Gasteiger partial charge in [0.1, 0.15) is 0 Å². The molecule has 0 spiro atoms. The van der Waals surface area contributed by atoms with Crippen molar-refractivity contribution in [1.29, 1.82) is 0 Å². The van der Waals surface area contributed by atoms with Crippen molar-refractivity contribution in [2.45, 2.75) is 38.0 Å². The molecule has 3 aliphatic carbocycles. The summed E-state index contributed by atoms with van der Waals surface area (Å²) in [7, 11) is 0. The van der Waals surface area contributed by atoms with Gasteiger partial charge in [0.15, 0.2) is 0 Å². The largest absolute Gasteiger partial charge is 0.310 e. The molecule has 1 atom stereocenters. The third-order valence-corrected chi connectivity index (χ3v) is 19.0. The Balaban J connectivity index is 0.895. The molecular formula is C86H62N2. The second-order valence-corrected chi connectivity index (χ2v) is 24.1. The Morgan fingerprint density at radius 2 is 0.841 bits per heavy atom. The number of nitrogens with zero attached hydrogens (tertiary/aromatic N) is 2. The average molecular weight is 1120 g/mol. The molecule has 17 rings (SSSR count). The van der Waals surface area contributed by atoms with Crippen LogP contribution in [0.5, 0.6) is 0 Å². The number of hydrogen-bond donors (Lipinski definition) is 0. The van der Waals surface area contributed by atoms with Crippen LogP contribution in [-0.4, -0.2) is 0 Å². The Bertz CT molecular complexity index is 5180. The summed E-state index contributed by atoms with van der Waals surface area (Å²) in [5, 5.41) is 12.4. The fourth-order valence-corrected chi connectivity index (χ4v) is 14.7. The quantitative estimate of drug-likeness (QED) is 0.126. The summed E-state index contributed by atoms with van der Waals surface area (Å²) in [4.78, 5) is 4.88. The maximum absolute atomic E-state index is 2.53. The van der Waals surface area contributed by atoms with E-state index in [-0.39, 0.29) is 5.92 Å². The maximum Gasteiger partial charge on any atom is 0.0468 e. The molecule has 0 heterocycles. The average Bonchev–Trinajstić information content (AvgIpc) is 0.793. The summed E-state index contributed by atoms with van der Waals surface area (Å²) in [6, 6.07) is 103. The molecule has 0 saturated carbocycles. The molecule has 0 amide bonds. The van der Waals surface area contributed by atoms with Crippen molar-refractivity contribution in [3.05, 3.63) is 330 Å². The second-order valence-electron chi connectivity index (χ2n) is 24.1. The van der Waals surface area contributed by atoms with E-state index in [4.69, 9.17) is 0 Å². The van der Waals surface area contributed by atoms with Gasteiger partial charge in [0, 0.05) is 40.0 Å². The van der Waals surface area contributed by atoms with Crippen LogP contribution in [0.15, 0.2) is 291 Å². The summed E-state index contributed by atoms with van der Waals surface area (Å²) in [6.07, 6.45) is 19.0. The normalized spacial score (nSPS) is 14.1. The van der Waals surface area contributed by atoms with Crippen molar-refractivity contribution in [1.82, 2.24) is 0 Å². The third kappa shape index (κ3) is 9.02. The van der Waals surface area contributed by atoms with Crippen molar-refractivity contribution < 1.29 is 0 Å². The zero-order valence-electron chi connectivity index (χ0n) is 49.0. The van der Waals surface area contributed by atoms with Gasteiger partial charge >= 0.3 is 0 Å². The molecule has 0 aromatic heterocycles. The van der Waals surface area contributed by atoms with Crippen LogP contribution in [0.1, 0.15) is 64.1 Å². The predicted molar refractivity (Wildman–Crippen MR) is 376 cm³/mol. The summed E-state index contributed by atoms with van der Waals surface area (Å²) < 4.78 is 0. The standard InChI is InChI=1S/C86H62N2/c1-2-21-62(22-3-1)81-56-82(63-37-42-70(43-38-63)87(72-46-33-57-17-4-8-24-65(57)51-72)73-47-34-58-18-5-9-25-66(58)52-73)85-79-31-15-14-30-78(79)83-55-69(77-32-16-28-61-23-12-13-29-76(61)77)41-50-80(83)86(85)84(81)64-39-44-71(45-40-64)88(74-48-35-59-19-6-10-26-67(59)53-74)75-49-36-60-20-7-11-27-68(60)54-75/h1-4,6-10,12-17,19-26,28-31,33-56,77H,5,11,18,27,32H2. The zero-order chi connectivity index (χ0) is 58.1. The zero-order valence-corrected chi connectivity index (χ0v) is 49.0. The maximum atomic E-state index is 2.53. The first-order valence-electron chi connectivity index (χ1n) is 31.3. The first-order chi connectivity index (χ1) is 43.6. The summed E-state index contributed by atoms with van der Waals surface area (Å²) in [5.41, 5.74) is 23.3. The molecule has 1 unspecified atom stereocenters. The fourth-order valence-electron chi connectivity index (χ4n) is 14.7. The SMILES string of the molecule is C1=Cc2cc(N(c3ccc(-c4cc(-c5ccccc5)c(-c5ccc(N(c6ccc7c(c6)CCC=C7)c6ccc7ccccc7c6)cc5)c5c6ccc(C7CC=Cc8ccccc87)cc6c6ccccc6c45)cc3)c3ccc4ccccc4c3)ccc2CC1. The first-order valence-corrected chi connectivity index (χ1v) is 31.3. The molecule has 0 N–H and O–H groups in total. The lowest BCUT2D eigenvalue weighted by atomic mass is 9.79. The molecule has 0 radical (unpaired) electrons. The molecule has 14 aromatic rings. The first kappa shape index (κ1) is 51.6. The monoisotopic (exact) mass is 1120 g/mol. The molecule has 3 aliphatic rings. The lowest BCUT2D eigenvalue weighted by Gasteiger charge is -2.28. The number of aryl methyl sites for hydroxylation is 2. The molecule has 0 fully saturated rings. The Morgan fingerprint density at radius 1 is 0.295 bits per heavy atom. The van der Waals surface area contributed by atoms with Crippen LogP contribution in [0.2, 0.25) is 0 Å². The molecule has 416 valence electrons. The lowest BCUT2D eigenvalue weighted by Crippen LogP contribution is -2.11. The highest BCUT2D eigenvalue weighted by Gasteiger charge is 2.26. The van der Waals surface area contributed by atoms with Gasteiger partial charge in [-0.2, -0.15) is 0 Å². The number of fused-ring (bicyclic) bond motifs is 11. The van der Waals surface area contributed by atoms with E-state index in [0.29, 0.717) is 0 Å². The van der Waals surface area contributed by atoms with Crippen LogP contribution in [0, 0.1) is 0 Å². The van der Waals surface area contributed by atoms with Crippen LogP contribution >= 0.6 is 0 Å². The summed E-state index contributed by atoms with van der Waals surface area (Å²) in [5.74, 6) is 0.251. The van der Waals surface area contributed by atoms with Crippen molar-refractivity contribution in [2.24, 2.45) is 0 Å². The van der Waals surface area contributed by atoms with Crippen LogP contribution in [0.3, 0.4) is 0 Å². The molecule has 2 heteroatoms. The van der Waals surface area contributed by atoms with Gasteiger partial charge in [-0.05, 0) is 243 Å². The fraction of sp³-hybridized carbons (Fsp3) is 0.0698.